The van der Waals surface area contributed by atoms with E-state index in [4.69, 9.17) is 16.0 Å². The summed E-state index contributed by atoms with van der Waals surface area (Å²) in [5.74, 6) is 0.655. The lowest BCUT2D eigenvalue weighted by atomic mass is 9.84. The van der Waals surface area contributed by atoms with Crippen LogP contribution in [0.5, 0.6) is 0 Å². The number of alkyl halides is 1. The van der Waals surface area contributed by atoms with Gasteiger partial charge in [-0.05, 0) is 40.9 Å². The Hall–Kier alpha value is -0.480. The first-order valence-electron chi connectivity index (χ1n) is 5.66. The number of nitrogens with one attached hydrogen (secondary N) is 1. The van der Waals surface area contributed by atoms with Gasteiger partial charge in [-0.1, -0.05) is 13.8 Å². The summed E-state index contributed by atoms with van der Waals surface area (Å²) in [5.41, 5.74) is -0.0267. The van der Waals surface area contributed by atoms with Crippen molar-refractivity contribution < 1.29 is 9.21 Å². The van der Waals surface area contributed by atoms with Crippen molar-refractivity contribution in [1.82, 2.24) is 5.32 Å². The molecule has 0 aliphatic heterocycles. The summed E-state index contributed by atoms with van der Waals surface area (Å²) in [6.07, 6.45) is 1.88. The van der Waals surface area contributed by atoms with Crippen molar-refractivity contribution in [3.8, 4) is 0 Å². The van der Waals surface area contributed by atoms with Gasteiger partial charge in [0.15, 0.2) is 10.4 Å². The summed E-state index contributed by atoms with van der Waals surface area (Å²) in [7, 11) is 0. The highest BCUT2D eigenvalue weighted by molar-refractivity contribution is 9.10. The van der Waals surface area contributed by atoms with Crippen LogP contribution in [0, 0.1) is 5.41 Å². The zero-order valence-corrected chi connectivity index (χ0v) is 12.4. The van der Waals surface area contributed by atoms with Gasteiger partial charge in [-0.15, -0.1) is 11.6 Å². The molecule has 0 saturated heterocycles. The highest BCUT2D eigenvalue weighted by Gasteiger charge is 2.26. The summed E-state index contributed by atoms with van der Waals surface area (Å²) in [5, 5.41) is 2.87. The Labute approximate surface area is 115 Å². The van der Waals surface area contributed by atoms with E-state index in [9.17, 15) is 4.79 Å². The molecule has 0 aliphatic carbocycles. The smallest absolute Gasteiger partial charge is 0.287 e. The highest BCUT2D eigenvalue weighted by atomic mass is 79.9. The molecule has 0 spiro atoms. The molecule has 0 fully saturated rings. The van der Waals surface area contributed by atoms with Gasteiger partial charge >= 0.3 is 0 Å². The minimum atomic E-state index is -0.202. The van der Waals surface area contributed by atoms with E-state index in [2.05, 4.69) is 35.1 Å². The number of rotatable bonds is 6. The lowest BCUT2D eigenvalue weighted by Crippen LogP contribution is -2.38. The highest BCUT2D eigenvalue weighted by Crippen LogP contribution is 2.27. The first kappa shape index (κ1) is 14.6. The summed E-state index contributed by atoms with van der Waals surface area (Å²) in [6.45, 7) is 4.74. The predicted octanol–water partition coefficient (Wildman–Crippen LogP) is 3.82. The molecule has 0 aliphatic rings. The van der Waals surface area contributed by atoms with E-state index in [1.807, 2.05) is 0 Å². The van der Waals surface area contributed by atoms with Crippen molar-refractivity contribution in [1.29, 1.82) is 0 Å². The Balaban J connectivity index is 2.58. The molecule has 1 aromatic rings. The Kier molecular flexibility index (Phi) is 5.53. The van der Waals surface area contributed by atoms with Crippen molar-refractivity contribution in [3.05, 3.63) is 22.6 Å². The molecule has 1 aromatic heterocycles. The van der Waals surface area contributed by atoms with Crippen LogP contribution in [0.15, 0.2) is 21.2 Å². The third-order valence-corrected chi connectivity index (χ3v) is 4.20. The molecule has 0 saturated carbocycles. The van der Waals surface area contributed by atoms with Crippen LogP contribution >= 0.6 is 27.5 Å². The largest absolute Gasteiger partial charge is 0.444 e. The number of carbonyl (C=O) groups excluding carboxylic acids is 1. The Morgan fingerprint density at radius 1 is 1.47 bits per heavy atom. The third kappa shape index (κ3) is 3.75. The van der Waals surface area contributed by atoms with Crippen LogP contribution in [0.1, 0.15) is 37.2 Å². The molecule has 0 atom stereocenters. The summed E-state index contributed by atoms with van der Waals surface area (Å²) >= 11 is 9.14. The second kappa shape index (κ2) is 6.45. The Morgan fingerprint density at radius 3 is 2.53 bits per heavy atom. The molecule has 5 heteroatoms. The fourth-order valence-electron chi connectivity index (χ4n) is 1.53. The molecule has 1 rings (SSSR count). The average Bonchev–Trinajstić information content (AvgIpc) is 2.78. The maximum atomic E-state index is 11.8. The number of halogens is 2. The summed E-state index contributed by atoms with van der Waals surface area (Å²) in [4.78, 5) is 11.8. The quantitative estimate of drug-likeness (QED) is 0.809. The standard InChI is InChI=1S/C12H17BrClNO2/c1-3-12(4-2,7-14)8-15-11(16)9-5-6-10(13)17-9/h5-6H,3-4,7-8H2,1-2H3,(H,15,16). The van der Waals surface area contributed by atoms with Gasteiger partial charge in [-0.3, -0.25) is 4.79 Å². The minimum absolute atomic E-state index is 0.0267. The topological polar surface area (TPSA) is 42.2 Å². The fourth-order valence-corrected chi connectivity index (χ4v) is 2.31. The normalized spacial score (nSPS) is 11.5. The van der Waals surface area contributed by atoms with E-state index in [-0.39, 0.29) is 11.3 Å². The predicted molar refractivity (Wildman–Crippen MR) is 72.5 cm³/mol. The van der Waals surface area contributed by atoms with E-state index in [0.29, 0.717) is 22.9 Å². The SMILES string of the molecule is CCC(CC)(CCl)CNC(=O)c1ccc(Br)o1. The van der Waals surface area contributed by atoms with Gasteiger partial charge in [0.1, 0.15) is 0 Å². The molecule has 3 nitrogen and oxygen atoms in total. The molecule has 1 amide bonds. The summed E-state index contributed by atoms with van der Waals surface area (Å²) in [6, 6.07) is 3.34. The van der Waals surface area contributed by atoms with Crippen LogP contribution in [-0.2, 0) is 0 Å². The monoisotopic (exact) mass is 321 g/mol. The van der Waals surface area contributed by atoms with E-state index >= 15 is 0 Å². The van der Waals surface area contributed by atoms with Crippen molar-refractivity contribution in [3.63, 3.8) is 0 Å². The molecular weight excluding hydrogens is 305 g/mol. The minimum Gasteiger partial charge on any atom is -0.444 e. The molecule has 0 radical (unpaired) electrons. The average molecular weight is 323 g/mol. The van der Waals surface area contributed by atoms with Gasteiger partial charge in [0.25, 0.3) is 5.91 Å². The van der Waals surface area contributed by atoms with Crippen molar-refractivity contribution in [2.24, 2.45) is 5.41 Å². The van der Waals surface area contributed by atoms with Crippen LogP contribution in [-0.4, -0.2) is 18.3 Å². The molecule has 96 valence electrons. The molecule has 0 aromatic carbocycles. The lowest BCUT2D eigenvalue weighted by Gasteiger charge is -2.29. The van der Waals surface area contributed by atoms with Gasteiger partial charge in [0.2, 0.25) is 0 Å². The second-order valence-electron chi connectivity index (χ2n) is 4.13. The van der Waals surface area contributed by atoms with Gasteiger partial charge < -0.3 is 9.73 Å². The molecule has 0 unspecified atom stereocenters. The van der Waals surface area contributed by atoms with Crippen LogP contribution in [0.25, 0.3) is 0 Å². The fraction of sp³-hybridized carbons (Fsp3) is 0.583. The van der Waals surface area contributed by atoms with E-state index in [1.54, 1.807) is 12.1 Å². The van der Waals surface area contributed by atoms with E-state index < -0.39 is 0 Å². The van der Waals surface area contributed by atoms with Crippen LogP contribution < -0.4 is 5.32 Å². The zero-order chi connectivity index (χ0) is 12.9. The number of hydrogen-bond donors (Lipinski definition) is 1. The van der Waals surface area contributed by atoms with Crippen LogP contribution in [0.3, 0.4) is 0 Å². The Morgan fingerprint density at radius 2 is 2.12 bits per heavy atom. The molecule has 17 heavy (non-hydrogen) atoms. The van der Waals surface area contributed by atoms with Crippen LogP contribution in [0.2, 0.25) is 0 Å². The third-order valence-electron chi connectivity index (χ3n) is 3.20. The zero-order valence-electron chi connectivity index (χ0n) is 10.1. The van der Waals surface area contributed by atoms with Crippen molar-refractivity contribution in [2.45, 2.75) is 26.7 Å². The number of amides is 1. The molecule has 1 heterocycles. The van der Waals surface area contributed by atoms with Crippen LogP contribution in [0.4, 0.5) is 0 Å². The van der Waals surface area contributed by atoms with Crippen molar-refractivity contribution in [2.75, 3.05) is 12.4 Å². The van der Waals surface area contributed by atoms with Gasteiger partial charge in [0.05, 0.1) is 0 Å². The first-order chi connectivity index (χ1) is 8.06. The second-order valence-corrected chi connectivity index (χ2v) is 5.18. The first-order valence-corrected chi connectivity index (χ1v) is 6.99. The Bertz CT molecular complexity index is 366. The number of carbonyl (C=O) groups is 1. The van der Waals surface area contributed by atoms with Gasteiger partial charge in [0, 0.05) is 17.8 Å². The molecular formula is C12H17BrClNO2. The number of hydrogen-bond acceptors (Lipinski definition) is 2. The van der Waals surface area contributed by atoms with Gasteiger partial charge in [-0.25, -0.2) is 0 Å². The molecule has 0 bridgehead atoms. The summed E-state index contributed by atoms with van der Waals surface area (Å²) < 4.78 is 5.74. The molecule has 1 N–H and O–H groups in total. The lowest BCUT2D eigenvalue weighted by molar-refractivity contribution is 0.0902. The maximum absolute atomic E-state index is 11.8. The van der Waals surface area contributed by atoms with Crippen molar-refractivity contribution >= 4 is 33.4 Å². The number of furan rings is 1. The van der Waals surface area contributed by atoms with E-state index in [1.165, 1.54) is 0 Å². The van der Waals surface area contributed by atoms with Gasteiger partial charge in [-0.2, -0.15) is 0 Å². The van der Waals surface area contributed by atoms with E-state index in [0.717, 1.165) is 12.8 Å². The maximum Gasteiger partial charge on any atom is 0.287 e.